The van der Waals surface area contributed by atoms with E-state index >= 15 is 0 Å². The number of hydrogen-bond acceptors (Lipinski definition) is 3. The third-order valence-electron chi connectivity index (χ3n) is 4.00. The molecule has 19 heavy (non-hydrogen) atoms. The average molecular weight is 280 g/mol. The lowest BCUT2D eigenvalue weighted by Gasteiger charge is -2.33. The molecule has 1 N–H and O–H groups in total. The highest BCUT2D eigenvalue weighted by Gasteiger charge is 2.30. The van der Waals surface area contributed by atoms with Gasteiger partial charge in [0.25, 0.3) is 0 Å². The van der Waals surface area contributed by atoms with E-state index in [4.69, 9.17) is 0 Å². The van der Waals surface area contributed by atoms with Gasteiger partial charge in [0.15, 0.2) is 5.17 Å². The van der Waals surface area contributed by atoms with Crippen LogP contribution in [0.3, 0.4) is 0 Å². The Morgan fingerprint density at radius 2 is 2.11 bits per heavy atom. The number of anilines is 1. The van der Waals surface area contributed by atoms with Crippen LogP contribution in [0.5, 0.6) is 0 Å². The lowest BCUT2D eigenvalue weighted by molar-refractivity contribution is 0.318. The van der Waals surface area contributed by atoms with Gasteiger partial charge in [0, 0.05) is 18.0 Å². The Labute approximate surface area is 118 Å². The summed E-state index contributed by atoms with van der Waals surface area (Å²) in [7, 11) is 0. The molecule has 0 unspecified atom stereocenters. The number of aryl methyl sites for hydroxylation is 1. The molecule has 0 fully saturated rings. The highest BCUT2D eigenvalue weighted by Crippen LogP contribution is 2.35. The summed E-state index contributed by atoms with van der Waals surface area (Å²) in [6, 6.07) is 4.79. The first-order valence-corrected chi connectivity index (χ1v) is 7.77. The molecule has 1 aromatic carbocycles. The summed E-state index contributed by atoms with van der Waals surface area (Å²) in [5.41, 5.74) is 2.20. The van der Waals surface area contributed by atoms with Crippen LogP contribution in [0.25, 0.3) is 0 Å². The van der Waals surface area contributed by atoms with Gasteiger partial charge in [-0.1, -0.05) is 25.6 Å². The number of amidine groups is 1. The molecule has 4 heteroatoms. The number of thioether (sulfide) groups is 1. The smallest absolute Gasteiger partial charge is 0.161 e. The van der Waals surface area contributed by atoms with Crippen molar-refractivity contribution in [3.8, 4) is 0 Å². The van der Waals surface area contributed by atoms with E-state index in [9.17, 15) is 4.39 Å². The van der Waals surface area contributed by atoms with Crippen molar-refractivity contribution in [2.24, 2.45) is 10.4 Å². The fourth-order valence-electron chi connectivity index (χ4n) is 2.19. The van der Waals surface area contributed by atoms with Gasteiger partial charge in [-0.05, 0) is 48.9 Å². The Morgan fingerprint density at radius 1 is 1.37 bits per heavy atom. The molecule has 1 aliphatic heterocycles. The van der Waals surface area contributed by atoms with E-state index < -0.39 is 0 Å². The van der Waals surface area contributed by atoms with Crippen molar-refractivity contribution in [2.75, 3.05) is 17.6 Å². The number of benzene rings is 1. The first kappa shape index (κ1) is 14.4. The van der Waals surface area contributed by atoms with Crippen molar-refractivity contribution < 1.29 is 4.39 Å². The van der Waals surface area contributed by atoms with Crippen LogP contribution in [0.15, 0.2) is 23.2 Å². The monoisotopic (exact) mass is 280 g/mol. The summed E-state index contributed by atoms with van der Waals surface area (Å²) < 4.78 is 13.1. The van der Waals surface area contributed by atoms with Gasteiger partial charge in [-0.2, -0.15) is 0 Å². The van der Waals surface area contributed by atoms with Crippen LogP contribution in [-0.4, -0.2) is 17.5 Å². The van der Waals surface area contributed by atoms with Gasteiger partial charge in [-0.25, -0.2) is 4.39 Å². The Kier molecular flexibility index (Phi) is 4.50. The number of aliphatic imine (C=N–C) groups is 1. The maximum atomic E-state index is 13.1. The van der Waals surface area contributed by atoms with Crippen molar-refractivity contribution in [1.82, 2.24) is 0 Å². The Balaban J connectivity index is 2.07. The number of nitrogens with zero attached hydrogens (tertiary/aromatic N) is 1. The predicted octanol–water partition coefficient (Wildman–Crippen LogP) is 4.46. The molecule has 2 rings (SSSR count). The van der Waals surface area contributed by atoms with Crippen LogP contribution in [0.2, 0.25) is 0 Å². The van der Waals surface area contributed by atoms with Gasteiger partial charge < -0.3 is 5.32 Å². The molecule has 0 atom stereocenters. The number of rotatable bonds is 3. The first-order chi connectivity index (χ1) is 9.08. The number of halogens is 1. The molecule has 2 nitrogen and oxygen atoms in total. The minimum atomic E-state index is -0.197. The quantitative estimate of drug-likeness (QED) is 0.884. The van der Waals surface area contributed by atoms with E-state index in [2.05, 4.69) is 24.2 Å². The predicted molar refractivity (Wildman–Crippen MR) is 82.5 cm³/mol. The van der Waals surface area contributed by atoms with E-state index in [0.717, 1.165) is 28.7 Å². The summed E-state index contributed by atoms with van der Waals surface area (Å²) in [5.74, 6) is 0.906. The maximum absolute atomic E-state index is 13.1. The lowest BCUT2D eigenvalue weighted by atomic mass is 9.84. The molecule has 0 aromatic heterocycles. The van der Waals surface area contributed by atoms with Crippen LogP contribution in [0.4, 0.5) is 10.1 Å². The molecule has 1 aliphatic rings. The third-order valence-corrected chi connectivity index (χ3v) is 5.26. The van der Waals surface area contributed by atoms with Crippen LogP contribution in [0.1, 0.15) is 32.3 Å². The SMILES string of the molecule is CCC1(CC)CN=C(Nc2ccc(F)cc2C)SC1. The standard InChI is InChI=1S/C15H21FN2S/c1-4-15(5-2)9-17-14(19-10-15)18-13-7-6-12(16)8-11(13)3/h6-8H,4-5,9-10H2,1-3H3,(H,17,18). The van der Waals surface area contributed by atoms with Crippen LogP contribution in [-0.2, 0) is 0 Å². The zero-order valence-electron chi connectivity index (χ0n) is 11.8. The van der Waals surface area contributed by atoms with Gasteiger partial charge in [0.1, 0.15) is 5.82 Å². The Bertz CT molecular complexity index is 481. The van der Waals surface area contributed by atoms with Crippen molar-refractivity contribution in [3.05, 3.63) is 29.6 Å². The van der Waals surface area contributed by atoms with Crippen LogP contribution in [0, 0.1) is 18.2 Å². The summed E-state index contributed by atoms with van der Waals surface area (Å²) in [5, 5.41) is 4.26. The number of hydrogen-bond donors (Lipinski definition) is 1. The Morgan fingerprint density at radius 3 is 2.63 bits per heavy atom. The fourth-order valence-corrected chi connectivity index (χ4v) is 3.47. The average Bonchev–Trinajstić information content (AvgIpc) is 2.43. The van der Waals surface area contributed by atoms with E-state index in [1.807, 2.05) is 6.92 Å². The lowest BCUT2D eigenvalue weighted by Crippen LogP contribution is -2.32. The zero-order chi connectivity index (χ0) is 13.9. The molecule has 1 heterocycles. The van der Waals surface area contributed by atoms with E-state index in [0.29, 0.717) is 5.41 Å². The van der Waals surface area contributed by atoms with Gasteiger partial charge >= 0.3 is 0 Å². The summed E-state index contributed by atoms with van der Waals surface area (Å²) in [6.07, 6.45) is 2.34. The minimum Gasteiger partial charge on any atom is -0.335 e. The van der Waals surface area contributed by atoms with E-state index in [1.165, 1.54) is 18.9 Å². The topological polar surface area (TPSA) is 24.4 Å². The largest absolute Gasteiger partial charge is 0.335 e. The highest BCUT2D eigenvalue weighted by molar-refractivity contribution is 8.14. The van der Waals surface area contributed by atoms with Crippen molar-refractivity contribution >= 4 is 22.6 Å². The summed E-state index contributed by atoms with van der Waals surface area (Å²) in [4.78, 5) is 4.66. The second kappa shape index (κ2) is 5.95. The van der Waals surface area contributed by atoms with Crippen molar-refractivity contribution in [2.45, 2.75) is 33.6 Å². The molecule has 0 bridgehead atoms. The van der Waals surface area contributed by atoms with Crippen LogP contribution >= 0.6 is 11.8 Å². The minimum absolute atomic E-state index is 0.197. The summed E-state index contributed by atoms with van der Waals surface area (Å²) >= 11 is 1.77. The molecular formula is C15H21FN2S. The van der Waals surface area contributed by atoms with Gasteiger partial charge in [0.05, 0.1) is 0 Å². The molecule has 0 spiro atoms. The number of nitrogens with one attached hydrogen (secondary N) is 1. The molecule has 104 valence electrons. The van der Waals surface area contributed by atoms with E-state index in [-0.39, 0.29) is 5.82 Å². The molecule has 0 amide bonds. The van der Waals surface area contributed by atoms with Crippen molar-refractivity contribution in [3.63, 3.8) is 0 Å². The first-order valence-electron chi connectivity index (χ1n) is 6.79. The maximum Gasteiger partial charge on any atom is 0.161 e. The molecule has 0 aliphatic carbocycles. The van der Waals surface area contributed by atoms with Crippen LogP contribution < -0.4 is 5.32 Å². The molecule has 0 radical (unpaired) electrons. The third kappa shape index (κ3) is 3.30. The van der Waals surface area contributed by atoms with Crippen molar-refractivity contribution in [1.29, 1.82) is 0 Å². The molecular weight excluding hydrogens is 259 g/mol. The molecule has 0 saturated carbocycles. The summed E-state index contributed by atoms with van der Waals surface area (Å²) in [6.45, 7) is 7.27. The molecule has 1 aromatic rings. The van der Waals surface area contributed by atoms with E-state index in [1.54, 1.807) is 23.9 Å². The zero-order valence-corrected chi connectivity index (χ0v) is 12.6. The second-order valence-electron chi connectivity index (χ2n) is 5.20. The molecule has 0 saturated heterocycles. The highest BCUT2D eigenvalue weighted by atomic mass is 32.2. The Hall–Kier alpha value is -1.03. The normalized spacial score (nSPS) is 18.0. The second-order valence-corrected chi connectivity index (χ2v) is 6.17. The fraction of sp³-hybridized carbons (Fsp3) is 0.533. The van der Waals surface area contributed by atoms with Gasteiger partial charge in [0.2, 0.25) is 0 Å². The van der Waals surface area contributed by atoms with Gasteiger partial charge in [-0.15, -0.1) is 0 Å². The van der Waals surface area contributed by atoms with Gasteiger partial charge in [-0.3, -0.25) is 4.99 Å².